The molecule has 128 valence electrons. The average Bonchev–Trinajstić information content (AvgIpc) is 2.49. The lowest BCUT2D eigenvalue weighted by atomic mass is 10.7. The number of rotatable bonds is 4. The van der Waals surface area contributed by atoms with E-state index in [1.54, 1.807) is 0 Å². The molecule has 6 N–H and O–H groups in total. The SMILES string of the molecule is C=CC(=O)O.C=CC(=O)O.C=CC(=O)O.C=CC(=O)O.N#CN. The largest absolute Gasteiger partial charge is 0.478 e. The van der Waals surface area contributed by atoms with Crippen LogP contribution in [0.4, 0.5) is 0 Å². The number of hydrogen-bond acceptors (Lipinski definition) is 6. The van der Waals surface area contributed by atoms with Crippen molar-refractivity contribution in [3.63, 3.8) is 0 Å². The first-order valence-electron chi connectivity index (χ1n) is 5.01. The van der Waals surface area contributed by atoms with Gasteiger partial charge in [-0.1, -0.05) is 26.3 Å². The molecule has 0 rings (SSSR count). The molecular weight excluding hydrogens is 312 g/mol. The minimum atomic E-state index is -0.981. The molecule has 0 unspecified atom stereocenters. The summed E-state index contributed by atoms with van der Waals surface area (Å²) < 4.78 is 0. The molecule has 0 amide bonds. The van der Waals surface area contributed by atoms with Gasteiger partial charge >= 0.3 is 23.9 Å². The fourth-order valence-corrected chi connectivity index (χ4v) is 0. The number of carboxylic acid groups (broad SMARTS) is 4. The van der Waals surface area contributed by atoms with Crippen molar-refractivity contribution in [3.8, 4) is 6.19 Å². The quantitative estimate of drug-likeness (QED) is 0.274. The summed E-state index contributed by atoms with van der Waals surface area (Å²) in [5.41, 5.74) is 4.15. The molecule has 0 saturated carbocycles. The van der Waals surface area contributed by atoms with Gasteiger partial charge in [0.15, 0.2) is 6.19 Å². The van der Waals surface area contributed by atoms with Crippen molar-refractivity contribution in [1.82, 2.24) is 0 Å². The summed E-state index contributed by atoms with van der Waals surface area (Å²) in [6.45, 7) is 11.8. The molecule has 0 aliphatic rings. The third-order valence-electron chi connectivity index (χ3n) is 0.698. The molecular formula is C13H18N2O8. The van der Waals surface area contributed by atoms with E-state index in [1.807, 2.05) is 0 Å². The maximum absolute atomic E-state index is 9.25. The minimum absolute atomic E-state index is 0.833. The molecule has 0 spiro atoms. The average molecular weight is 330 g/mol. The molecule has 0 fully saturated rings. The number of nitrogens with two attached hydrogens (primary N) is 1. The van der Waals surface area contributed by atoms with E-state index in [-0.39, 0.29) is 0 Å². The van der Waals surface area contributed by atoms with E-state index in [0.29, 0.717) is 0 Å². The first-order chi connectivity index (χ1) is 10.5. The highest BCUT2D eigenvalue weighted by Crippen LogP contribution is 1.56. The highest BCUT2D eigenvalue weighted by molar-refractivity contribution is 5.79. The van der Waals surface area contributed by atoms with E-state index in [2.05, 4.69) is 32.0 Å². The topological polar surface area (TPSA) is 199 Å². The van der Waals surface area contributed by atoms with Crippen LogP contribution < -0.4 is 5.73 Å². The third-order valence-corrected chi connectivity index (χ3v) is 0.698. The zero-order valence-corrected chi connectivity index (χ0v) is 12.1. The molecule has 10 nitrogen and oxygen atoms in total. The van der Waals surface area contributed by atoms with Gasteiger partial charge in [0.1, 0.15) is 0 Å². The van der Waals surface area contributed by atoms with Crippen LogP contribution in [0.5, 0.6) is 0 Å². The van der Waals surface area contributed by atoms with Gasteiger partial charge in [0.05, 0.1) is 0 Å². The zero-order valence-electron chi connectivity index (χ0n) is 12.1. The Kier molecular flexibility index (Phi) is 42.3. The van der Waals surface area contributed by atoms with E-state index in [4.69, 9.17) is 25.7 Å². The molecule has 0 radical (unpaired) electrons. The molecule has 0 saturated heterocycles. The van der Waals surface area contributed by atoms with Crippen molar-refractivity contribution < 1.29 is 39.6 Å². The number of nitrogens with zero attached hydrogens (tertiary/aromatic N) is 1. The second-order valence-electron chi connectivity index (χ2n) is 2.30. The molecule has 0 bridgehead atoms. The number of nitriles is 1. The second kappa shape index (κ2) is 30.9. The van der Waals surface area contributed by atoms with E-state index in [0.717, 1.165) is 24.3 Å². The summed E-state index contributed by atoms with van der Waals surface area (Å²) in [6, 6.07) is 0. The van der Waals surface area contributed by atoms with Gasteiger partial charge in [0.25, 0.3) is 0 Å². The fourth-order valence-electron chi connectivity index (χ4n) is 0. The normalized spacial score (nSPS) is 5.87. The van der Waals surface area contributed by atoms with Crippen molar-refractivity contribution in [3.05, 3.63) is 50.6 Å². The van der Waals surface area contributed by atoms with E-state index >= 15 is 0 Å². The smallest absolute Gasteiger partial charge is 0.327 e. The van der Waals surface area contributed by atoms with Gasteiger partial charge in [0.2, 0.25) is 0 Å². The van der Waals surface area contributed by atoms with Crippen LogP contribution in [0.15, 0.2) is 50.6 Å². The van der Waals surface area contributed by atoms with Crippen molar-refractivity contribution in [2.75, 3.05) is 0 Å². The van der Waals surface area contributed by atoms with Crippen LogP contribution >= 0.6 is 0 Å². The molecule has 0 aromatic rings. The molecule has 0 aliphatic carbocycles. The van der Waals surface area contributed by atoms with Crippen molar-refractivity contribution in [2.45, 2.75) is 0 Å². The molecule has 0 aromatic carbocycles. The van der Waals surface area contributed by atoms with Crippen LogP contribution in [0.1, 0.15) is 0 Å². The minimum Gasteiger partial charge on any atom is -0.478 e. The Morgan fingerprint density at radius 3 is 0.739 bits per heavy atom. The first kappa shape index (κ1) is 31.5. The molecule has 0 heterocycles. The van der Waals surface area contributed by atoms with Gasteiger partial charge in [-0.15, -0.1) is 0 Å². The standard InChI is InChI=1S/4C3H4O2.CH2N2/c4*1-2-3(4)5;2-1-3/h4*2H,1H2,(H,4,5);2H2. The summed E-state index contributed by atoms with van der Waals surface area (Å²) >= 11 is 0. The lowest BCUT2D eigenvalue weighted by Gasteiger charge is -1.64. The predicted molar refractivity (Wildman–Crippen MR) is 81.1 cm³/mol. The van der Waals surface area contributed by atoms with Crippen LogP contribution in [0.3, 0.4) is 0 Å². The molecule has 0 atom stereocenters. The lowest BCUT2D eigenvalue weighted by molar-refractivity contribution is -0.132. The lowest BCUT2D eigenvalue weighted by Crippen LogP contribution is -1.82. The molecule has 0 aliphatic heterocycles. The van der Waals surface area contributed by atoms with Crippen molar-refractivity contribution in [1.29, 1.82) is 5.26 Å². The maximum atomic E-state index is 9.25. The number of aliphatic carboxylic acids is 4. The Labute approximate surface area is 132 Å². The summed E-state index contributed by atoms with van der Waals surface area (Å²) in [7, 11) is 0. The highest BCUT2D eigenvalue weighted by atomic mass is 16.4. The Morgan fingerprint density at radius 1 is 0.696 bits per heavy atom. The number of carbonyl (C=O) groups is 4. The van der Waals surface area contributed by atoms with E-state index < -0.39 is 23.9 Å². The van der Waals surface area contributed by atoms with Crippen LogP contribution in [0, 0.1) is 11.5 Å². The zero-order chi connectivity index (χ0) is 19.8. The Balaban J connectivity index is -0.0000000593. The van der Waals surface area contributed by atoms with E-state index in [9.17, 15) is 19.2 Å². The van der Waals surface area contributed by atoms with Gasteiger partial charge < -0.3 is 26.2 Å². The molecule has 23 heavy (non-hydrogen) atoms. The summed E-state index contributed by atoms with van der Waals surface area (Å²) in [5.74, 6) is -3.93. The fraction of sp³-hybridized carbons (Fsp3) is 0. The third kappa shape index (κ3) is 277. The summed E-state index contributed by atoms with van der Waals surface area (Å²) in [6.07, 6.45) is 4.58. The molecule has 10 heteroatoms. The van der Waals surface area contributed by atoms with Gasteiger partial charge in [0, 0.05) is 24.3 Å². The Bertz CT molecular complexity index is 377. The molecule has 0 aromatic heterocycles. The van der Waals surface area contributed by atoms with Gasteiger partial charge in [-0.2, -0.15) is 5.26 Å². The van der Waals surface area contributed by atoms with Crippen LogP contribution in [-0.4, -0.2) is 44.3 Å². The maximum Gasteiger partial charge on any atom is 0.327 e. The second-order valence-corrected chi connectivity index (χ2v) is 2.30. The van der Waals surface area contributed by atoms with Crippen LogP contribution in [-0.2, 0) is 19.2 Å². The van der Waals surface area contributed by atoms with Crippen LogP contribution in [0.2, 0.25) is 0 Å². The summed E-state index contributed by atoms with van der Waals surface area (Å²) in [5, 5.41) is 37.5. The number of hydrogen-bond donors (Lipinski definition) is 5. The van der Waals surface area contributed by atoms with Crippen molar-refractivity contribution in [2.24, 2.45) is 5.73 Å². The Morgan fingerprint density at radius 2 is 0.739 bits per heavy atom. The van der Waals surface area contributed by atoms with E-state index in [1.165, 1.54) is 6.19 Å². The number of carboxylic acids is 4. The first-order valence-corrected chi connectivity index (χ1v) is 5.01. The van der Waals surface area contributed by atoms with Gasteiger partial charge in [-0.3, -0.25) is 0 Å². The van der Waals surface area contributed by atoms with Crippen LogP contribution in [0.25, 0.3) is 0 Å². The Hall–Kier alpha value is -3.87. The van der Waals surface area contributed by atoms with Gasteiger partial charge in [-0.05, 0) is 0 Å². The predicted octanol–water partition coefficient (Wildman–Crippen LogP) is 0.454. The van der Waals surface area contributed by atoms with Crippen molar-refractivity contribution >= 4 is 23.9 Å². The monoisotopic (exact) mass is 330 g/mol. The highest BCUT2D eigenvalue weighted by Gasteiger charge is 1.74. The van der Waals surface area contributed by atoms with Gasteiger partial charge in [-0.25, -0.2) is 19.2 Å². The summed E-state index contributed by atoms with van der Waals surface area (Å²) in [4.78, 5) is 37.0.